The Morgan fingerprint density at radius 3 is 2.21 bits per heavy atom. The molecule has 24 heavy (non-hydrogen) atoms. The topological polar surface area (TPSA) is 0 Å². The summed E-state index contributed by atoms with van der Waals surface area (Å²) in [5.74, 6) is 1.26. The molecule has 0 heterocycles. The van der Waals surface area contributed by atoms with Crippen LogP contribution < -0.4 is 0 Å². The normalized spacial score (nSPS) is 19.9. The SMILES string of the molecule is C=C(CCCCC(=C)c1ccc(C)c(C)c1)C1=C[C@H](C)C(C)C=C1. The van der Waals surface area contributed by atoms with Gasteiger partial charge in [0.05, 0.1) is 0 Å². The Morgan fingerprint density at radius 2 is 1.58 bits per heavy atom. The van der Waals surface area contributed by atoms with Gasteiger partial charge in [0, 0.05) is 0 Å². The second kappa shape index (κ2) is 8.33. The molecule has 0 aromatic heterocycles. The second-order valence-electron chi connectivity index (χ2n) is 7.41. The number of benzene rings is 1. The lowest BCUT2D eigenvalue weighted by molar-refractivity contribution is 0.548. The number of rotatable bonds is 7. The molecule has 0 amide bonds. The predicted octanol–water partition coefficient (Wildman–Crippen LogP) is 7.20. The molecule has 0 N–H and O–H groups in total. The Bertz CT molecular complexity index is 669. The molecule has 0 spiro atoms. The van der Waals surface area contributed by atoms with Gasteiger partial charge in [0.15, 0.2) is 0 Å². The zero-order valence-corrected chi connectivity index (χ0v) is 15.9. The fourth-order valence-electron chi connectivity index (χ4n) is 3.08. The van der Waals surface area contributed by atoms with Crippen LogP contribution in [0.1, 0.15) is 56.2 Å². The van der Waals surface area contributed by atoms with Gasteiger partial charge in [-0.2, -0.15) is 0 Å². The van der Waals surface area contributed by atoms with Crippen molar-refractivity contribution in [1.29, 1.82) is 0 Å². The molecule has 128 valence electrons. The van der Waals surface area contributed by atoms with E-state index in [0.29, 0.717) is 11.8 Å². The molecule has 1 aliphatic rings. The van der Waals surface area contributed by atoms with E-state index in [0.717, 1.165) is 12.8 Å². The monoisotopic (exact) mass is 320 g/mol. The Labute approximate surface area is 148 Å². The minimum atomic E-state index is 0.617. The van der Waals surface area contributed by atoms with Crippen LogP contribution in [0.2, 0.25) is 0 Å². The van der Waals surface area contributed by atoms with Gasteiger partial charge in [0.1, 0.15) is 0 Å². The lowest BCUT2D eigenvalue weighted by Gasteiger charge is -2.20. The third-order valence-electron chi connectivity index (χ3n) is 5.38. The summed E-state index contributed by atoms with van der Waals surface area (Å²) in [6.07, 6.45) is 11.4. The third kappa shape index (κ3) is 4.84. The van der Waals surface area contributed by atoms with Crippen molar-refractivity contribution in [1.82, 2.24) is 0 Å². The lowest BCUT2D eigenvalue weighted by atomic mass is 9.85. The largest absolute Gasteiger partial charge is 0.0952 e. The van der Waals surface area contributed by atoms with Crippen LogP contribution in [0.15, 0.2) is 60.7 Å². The molecular weight excluding hydrogens is 288 g/mol. The fourth-order valence-corrected chi connectivity index (χ4v) is 3.08. The van der Waals surface area contributed by atoms with E-state index in [-0.39, 0.29) is 0 Å². The van der Waals surface area contributed by atoms with E-state index in [4.69, 9.17) is 0 Å². The molecule has 0 fully saturated rings. The molecule has 1 unspecified atom stereocenters. The van der Waals surface area contributed by atoms with Crippen LogP contribution in [0.25, 0.3) is 5.57 Å². The van der Waals surface area contributed by atoms with Crippen molar-refractivity contribution in [2.45, 2.75) is 53.4 Å². The summed E-state index contributed by atoms with van der Waals surface area (Å²) in [6.45, 7) is 17.5. The number of unbranched alkanes of at least 4 members (excludes halogenated alkanes) is 1. The molecule has 1 aromatic rings. The molecular formula is C24H32. The van der Waals surface area contributed by atoms with Crippen LogP contribution in [0, 0.1) is 25.7 Å². The Kier molecular flexibility index (Phi) is 6.43. The van der Waals surface area contributed by atoms with Gasteiger partial charge in [-0.05, 0) is 84.8 Å². The van der Waals surface area contributed by atoms with Crippen molar-refractivity contribution in [3.05, 3.63) is 77.4 Å². The maximum atomic E-state index is 4.29. The van der Waals surface area contributed by atoms with Gasteiger partial charge in [-0.1, -0.05) is 63.4 Å². The average Bonchev–Trinajstić information content (AvgIpc) is 2.56. The first kappa shape index (κ1) is 18.5. The molecule has 0 radical (unpaired) electrons. The van der Waals surface area contributed by atoms with E-state index >= 15 is 0 Å². The average molecular weight is 321 g/mol. The van der Waals surface area contributed by atoms with Gasteiger partial charge in [0.2, 0.25) is 0 Å². The number of hydrogen-bond donors (Lipinski definition) is 0. The summed E-state index contributed by atoms with van der Waals surface area (Å²) in [4.78, 5) is 0. The number of allylic oxidation sites excluding steroid dienone is 6. The van der Waals surface area contributed by atoms with Crippen molar-refractivity contribution in [2.24, 2.45) is 11.8 Å². The van der Waals surface area contributed by atoms with Gasteiger partial charge < -0.3 is 0 Å². The maximum absolute atomic E-state index is 4.29. The van der Waals surface area contributed by atoms with Gasteiger partial charge >= 0.3 is 0 Å². The van der Waals surface area contributed by atoms with E-state index in [1.165, 1.54) is 46.3 Å². The van der Waals surface area contributed by atoms with Gasteiger partial charge in [0.25, 0.3) is 0 Å². The summed E-state index contributed by atoms with van der Waals surface area (Å²) in [5.41, 5.74) is 7.86. The standard InChI is InChI=1S/C24H32/c1-17-11-13-23(15-21(17)5)19(3)9-7-8-10-20(4)24-14-12-18(2)22(6)16-24/h11-17,21H,3-4,7-10H2,1-2,5-6H3/t17?,21-/m0/s1. The molecule has 0 aliphatic heterocycles. The maximum Gasteiger partial charge on any atom is -0.0192 e. The highest BCUT2D eigenvalue weighted by atomic mass is 14.2. The molecule has 1 aromatic carbocycles. The van der Waals surface area contributed by atoms with E-state index in [9.17, 15) is 0 Å². The molecule has 0 nitrogen and oxygen atoms in total. The summed E-state index contributed by atoms with van der Waals surface area (Å²) < 4.78 is 0. The minimum Gasteiger partial charge on any atom is -0.0952 e. The second-order valence-corrected chi connectivity index (χ2v) is 7.41. The van der Waals surface area contributed by atoms with E-state index in [2.05, 4.69) is 77.3 Å². The highest BCUT2D eigenvalue weighted by Crippen LogP contribution is 2.28. The third-order valence-corrected chi connectivity index (χ3v) is 5.38. The van der Waals surface area contributed by atoms with Crippen molar-refractivity contribution >= 4 is 5.57 Å². The van der Waals surface area contributed by atoms with Gasteiger partial charge in [-0.25, -0.2) is 0 Å². The zero-order chi connectivity index (χ0) is 17.7. The summed E-state index contributed by atoms with van der Waals surface area (Å²) in [5, 5.41) is 0. The first-order valence-electron chi connectivity index (χ1n) is 9.22. The van der Waals surface area contributed by atoms with Crippen molar-refractivity contribution < 1.29 is 0 Å². The van der Waals surface area contributed by atoms with Crippen LogP contribution in [-0.4, -0.2) is 0 Å². The van der Waals surface area contributed by atoms with Crippen LogP contribution in [0.4, 0.5) is 0 Å². The first-order chi connectivity index (χ1) is 11.4. The highest BCUT2D eigenvalue weighted by molar-refractivity contribution is 5.64. The number of aryl methyl sites for hydroxylation is 2. The van der Waals surface area contributed by atoms with Crippen LogP contribution in [0.3, 0.4) is 0 Å². The zero-order valence-electron chi connectivity index (χ0n) is 15.9. The quantitative estimate of drug-likeness (QED) is 0.466. The number of hydrogen-bond acceptors (Lipinski definition) is 0. The van der Waals surface area contributed by atoms with E-state index in [1.54, 1.807) is 0 Å². The fraction of sp³-hybridized carbons (Fsp3) is 0.417. The van der Waals surface area contributed by atoms with Gasteiger partial charge in [-0.3, -0.25) is 0 Å². The van der Waals surface area contributed by atoms with E-state index < -0.39 is 0 Å². The lowest BCUT2D eigenvalue weighted by Crippen LogP contribution is -2.07. The van der Waals surface area contributed by atoms with Crippen molar-refractivity contribution in [3.63, 3.8) is 0 Å². The van der Waals surface area contributed by atoms with Gasteiger partial charge in [-0.15, -0.1) is 0 Å². The Morgan fingerprint density at radius 1 is 0.917 bits per heavy atom. The van der Waals surface area contributed by atoms with Crippen molar-refractivity contribution in [3.8, 4) is 0 Å². The van der Waals surface area contributed by atoms with E-state index in [1.807, 2.05) is 0 Å². The van der Waals surface area contributed by atoms with Crippen LogP contribution in [-0.2, 0) is 0 Å². The minimum absolute atomic E-state index is 0.617. The highest BCUT2D eigenvalue weighted by Gasteiger charge is 2.13. The van der Waals surface area contributed by atoms with Crippen LogP contribution >= 0.6 is 0 Å². The Balaban J connectivity index is 1.77. The summed E-state index contributed by atoms with van der Waals surface area (Å²) >= 11 is 0. The molecule has 0 saturated heterocycles. The summed E-state index contributed by atoms with van der Waals surface area (Å²) in [6, 6.07) is 6.66. The smallest absolute Gasteiger partial charge is 0.0192 e. The van der Waals surface area contributed by atoms with Crippen molar-refractivity contribution in [2.75, 3.05) is 0 Å². The molecule has 2 atom stereocenters. The Hall–Kier alpha value is -1.82. The molecule has 0 heteroatoms. The molecule has 0 bridgehead atoms. The molecule has 0 saturated carbocycles. The first-order valence-corrected chi connectivity index (χ1v) is 9.22. The molecule has 2 rings (SSSR count). The summed E-state index contributed by atoms with van der Waals surface area (Å²) in [7, 11) is 0. The predicted molar refractivity (Wildman–Crippen MR) is 108 cm³/mol. The van der Waals surface area contributed by atoms with Crippen LogP contribution in [0.5, 0.6) is 0 Å². The molecule has 1 aliphatic carbocycles.